The Bertz CT molecular complexity index is 76.1. The molecule has 11 heavy (non-hydrogen) atoms. The predicted octanol–water partition coefficient (Wildman–Crippen LogP) is 4.25. The van der Waals surface area contributed by atoms with Crippen molar-refractivity contribution in [3.05, 3.63) is 0 Å². The minimum absolute atomic E-state index is 0.932. The van der Waals surface area contributed by atoms with Crippen LogP contribution in [0.5, 0.6) is 0 Å². The lowest BCUT2D eigenvalue weighted by Crippen LogP contribution is -2.01. The molecule has 0 amide bonds. The van der Waals surface area contributed by atoms with Crippen molar-refractivity contribution in [2.45, 2.75) is 59.8 Å². The highest BCUT2D eigenvalue weighted by Gasteiger charge is 2.05. The van der Waals surface area contributed by atoms with Crippen LogP contribution in [0.3, 0.4) is 0 Å². The van der Waals surface area contributed by atoms with Crippen LogP contribution in [-0.2, 0) is 0 Å². The van der Waals surface area contributed by atoms with E-state index >= 15 is 0 Å². The summed E-state index contributed by atoms with van der Waals surface area (Å²) in [5, 5.41) is 0. The average Bonchev–Trinajstić information content (AvgIpc) is 2.00. The van der Waals surface area contributed by atoms with Crippen molar-refractivity contribution in [2.75, 3.05) is 0 Å². The van der Waals surface area contributed by atoms with Gasteiger partial charge in [-0.1, -0.05) is 53.4 Å². The fraction of sp³-hybridized carbons (Fsp3) is 1.00. The Morgan fingerprint density at radius 1 is 1.00 bits per heavy atom. The topological polar surface area (TPSA) is 0 Å². The van der Waals surface area contributed by atoms with Gasteiger partial charge in [-0.15, -0.1) is 0 Å². The first-order chi connectivity index (χ1) is 5.20. The number of hydrogen-bond acceptors (Lipinski definition) is 0. The minimum atomic E-state index is 0.932. The van der Waals surface area contributed by atoms with Crippen molar-refractivity contribution < 1.29 is 0 Å². The monoisotopic (exact) mass is 156 g/mol. The first-order valence-corrected chi connectivity index (χ1v) is 5.20. The second kappa shape index (κ2) is 6.69. The zero-order valence-corrected chi connectivity index (χ0v) is 8.69. The van der Waals surface area contributed by atoms with Gasteiger partial charge in [0.1, 0.15) is 0 Å². The van der Waals surface area contributed by atoms with Gasteiger partial charge in [0.05, 0.1) is 0 Å². The van der Waals surface area contributed by atoms with Crippen LogP contribution in [0.15, 0.2) is 0 Å². The second-order valence-corrected chi connectivity index (χ2v) is 4.00. The van der Waals surface area contributed by atoms with E-state index in [2.05, 4.69) is 27.7 Å². The summed E-state index contributed by atoms with van der Waals surface area (Å²) in [5.41, 5.74) is 0. The van der Waals surface area contributed by atoms with E-state index < -0.39 is 0 Å². The van der Waals surface area contributed by atoms with Crippen LogP contribution in [0.2, 0.25) is 0 Å². The quantitative estimate of drug-likeness (QED) is 0.539. The first-order valence-electron chi connectivity index (χ1n) is 5.20. The van der Waals surface area contributed by atoms with Gasteiger partial charge in [-0.3, -0.25) is 0 Å². The Kier molecular flexibility index (Phi) is 6.69. The molecule has 68 valence electrons. The fourth-order valence-corrected chi connectivity index (χ4v) is 1.52. The van der Waals surface area contributed by atoms with E-state index in [4.69, 9.17) is 0 Å². The van der Waals surface area contributed by atoms with Gasteiger partial charge in [0.2, 0.25) is 0 Å². The molecule has 0 heteroatoms. The lowest BCUT2D eigenvalue weighted by molar-refractivity contribution is 0.379. The molecule has 0 rings (SSSR count). The normalized spacial score (nSPS) is 16.4. The molecule has 0 saturated heterocycles. The predicted molar refractivity (Wildman–Crippen MR) is 52.8 cm³/mol. The highest BCUT2D eigenvalue weighted by molar-refractivity contribution is 4.57. The highest BCUT2D eigenvalue weighted by Crippen LogP contribution is 2.19. The van der Waals surface area contributed by atoms with Gasteiger partial charge in [-0.2, -0.15) is 0 Å². The molecule has 0 nitrogen and oxygen atoms in total. The summed E-state index contributed by atoms with van der Waals surface area (Å²) in [4.78, 5) is 0. The molecule has 0 fully saturated rings. The Morgan fingerprint density at radius 3 is 2.09 bits per heavy atom. The second-order valence-electron chi connectivity index (χ2n) is 4.00. The summed E-state index contributed by atoms with van der Waals surface area (Å²) in [6.45, 7) is 9.32. The van der Waals surface area contributed by atoms with Crippen LogP contribution in [0.1, 0.15) is 59.8 Å². The number of unbranched alkanes of at least 4 members (excludes halogenated alkanes) is 1. The summed E-state index contributed by atoms with van der Waals surface area (Å²) in [5.74, 6) is 1.88. The standard InChI is InChI=1S/C11H24/c1-5-7-8-11(4)9-10(3)6-2/h10-11H,5-9H2,1-4H3/t10-,11-/m1/s1. The van der Waals surface area contributed by atoms with Crippen molar-refractivity contribution in [2.24, 2.45) is 11.8 Å². The molecule has 0 aromatic carbocycles. The van der Waals surface area contributed by atoms with Crippen LogP contribution >= 0.6 is 0 Å². The zero-order chi connectivity index (χ0) is 8.69. The Morgan fingerprint density at radius 2 is 1.64 bits per heavy atom. The van der Waals surface area contributed by atoms with Gasteiger partial charge in [-0.05, 0) is 18.3 Å². The average molecular weight is 156 g/mol. The molecule has 0 aliphatic carbocycles. The van der Waals surface area contributed by atoms with Crippen LogP contribution in [0.25, 0.3) is 0 Å². The maximum atomic E-state index is 2.39. The molecule has 0 unspecified atom stereocenters. The number of rotatable bonds is 6. The van der Waals surface area contributed by atoms with Gasteiger partial charge in [0, 0.05) is 0 Å². The van der Waals surface area contributed by atoms with E-state index in [9.17, 15) is 0 Å². The van der Waals surface area contributed by atoms with Crippen LogP contribution in [0, 0.1) is 11.8 Å². The van der Waals surface area contributed by atoms with Gasteiger partial charge in [0.15, 0.2) is 0 Å². The molecule has 0 aliphatic heterocycles. The van der Waals surface area contributed by atoms with Crippen LogP contribution in [-0.4, -0.2) is 0 Å². The van der Waals surface area contributed by atoms with Crippen molar-refractivity contribution in [3.8, 4) is 0 Å². The molecule has 0 heterocycles. The van der Waals surface area contributed by atoms with Gasteiger partial charge < -0.3 is 0 Å². The summed E-state index contributed by atoms with van der Waals surface area (Å²) in [6.07, 6.45) is 6.97. The smallest absolute Gasteiger partial charge is 0.0440 e. The van der Waals surface area contributed by atoms with Gasteiger partial charge in [-0.25, -0.2) is 0 Å². The van der Waals surface area contributed by atoms with Gasteiger partial charge in [0.25, 0.3) is 0 Å². The fourth-order valence-electron chi connectivity index (χ4n) is 1.52. The Labute approximate surface area is 72.4 Å². The molecule has 0 saturated carbocycles. The molecule has 0 N–H and O–H groups in total. The number of hydrogen-bond donors (Lipinski definition) is 0. The maximum Gasteiger partial charge on any atom is -0.0440 e. The molecule has 0 bridgehead atoms. The van der Waals surface area contributed by atoms with Crippen molar-refractivity contribution >= 4 is 0 Å². The highest BCUT2D eigenvalue weighted by atomic mass is 14.1. The SMILES string of the molecule is CCCC[C@@H](C)C[C@H](C)CC. The molecular formula is C11H24. The third-order valence-electron chi connectivity index (χ3n) is 2.55. The van der Waals surface area contributed by atoms with Crippen molar-refractivity contribution in [3.63, 3.8) is 0 Å². The minimum Gasteiger partial charge on any atom is -0.0654 e. The lowest BCUT2D eigenvalue weighted by Gasteiger charge is -2.14. The van der Waals surface area contributed by atoms with E-state index in [1.165, 1.54) is 32.1 Å². The molecule has 0 radical (unpaired) electrons. The van der Waals surface area contributed by atoms with E-state index in [1.807, 2.05) is 0 Å². The van der Waals surface area contributed by atoms with E-state index in [1.54, 1.807) is 0 Å². The van der Waals surface area contributed by atoms with Crippen molar-refractivity contribution in [1.29, 1.82) is 0 Å². The largest absolute Gasteiger partial charge is 0.0654 e. The third kappa shape index (κ3) is 6.40. The zero-order valence-electron chi connectivity index (χ0n) is 8.69. The maximum absolute atomic E-state index is 2.39. The molecule has 0 aliphatic rings. The molecular weight excluding hydrogens is 132 g/mol. The molecule has 0 aromatic rings. The summed E-state index contributed by atoms with van der Waals surface area (Å²) in [6, 6.07) is 0. The summed E-state index contributed by atoms with van der Waals surface area (Å²) in [7, 11) is 0. The van der Waals surface area contributed by atoms with E-state index in [0.29, 0.717) is 0 Å². The van der Waals surface area contributed by atoms with Crippen LogP contribution < -0.4 is 0 Å². The first kappa shape index (κ1) is 11.0. The Hall–Kier alpha value is 0. The van der Waals surface area contributed by atoms with Crippen molar-refractivity contribution in [1.82, 2.24) is 0 Å². The Balaban J connectivity index is 3.27. The molecule has 2 atom stereocenters. The van der Waals surface area contributed by atoms with Gasteiger partial charge >= 0.3 is 0 Å². The third-order valence-corrected chi connectivity index (χ3v) is 2.55. The summed E-state index contributed by atoms with van der Waals surface area (Å²) >= 11 is 0. The van der Waals surface area contributed by atoms with Crippen LogP contribution in [0.4, 0.5) is 0 Å². The molecule has 0 aromatic heterocycles. The molecule has 0 spiro atoms. The van der Waals surface area contributed by atoms with E-state index in [-0.39, 0.29) is 0 Å². The van der Waals surface area contributed by atoms with E-state index in [0.717, 1.165) is 11.8 Å². The lowest BCUT2D eigenvalue weighted by atomic mass is 9.92. The summed E-state index contributed by atoms with van der Waals surface area (Å²) < 4.78 is 0.